The zero-order chi connectivity index (χ0) is 28.2. The second kappa shape index (κ2) is 10.2. The first-order valence-corrected chi connectivity index (χ1v) is 16.0. The first-order chi connectivity index (χ1) is 19.8. The van der Waals surface area contributed by atoms with Crippen molar-refractivity contribution in [1.82, 2.24) is 10.6 Å². The smallest absolute Gasteiger partial charge is 0.347 e. The van der Waals surface area contributed by atoms with Crippen LogP contribution in [0.3, 0.4) is 0 Å². The van der Waals surface area contributed by atoms with Crippen molar-refractivity contribution in [2.45, 2.75) is 95.1 Å². The first-order valence-electron chi connectivity index (χ1n) is 16.0. The molecule has 6 aliphatic rings. The molecule has 0 radical (unpaired) electrons. The number of hydrogen-bond donors (Lipinski definition) is 3. The van der Waals surface area contributed by atoms with Crippen LogP contribution in [0.5, 0.6) is 0 Å². The van der Waals surface area contributed by atoms with Crippen LogP contribution in [0.15, 0.2) is 48.5 Å². The van der Waals surface area contributed by atoms with Crippen molar-refractivity contribution in [2.75, 3.05) is 0 Å². The van der Waals surface area contributed by atoms with Gasteiger partial charge in [-0.1, -0.05) is 19.8 Å². The van der Waals surface area contributed by atoms with Gasteiger partial charge in [-0.05, 0) is 142 Å². The molecule has 2 amide bonds. The standard InChI is InChI=1S/C35H42N4O2/c1-2-34(17-22-3-4-23(13-22)18-34)37-32(40)29-9-5-27(6-10-29)31(39-36)28-7-11-30(12-8-28)33(41)38-35-19-24-14-25(20-35)16-26(15-24)21-35/h5-12,22-26,36H,2-4,13-21H2,1H3,(H-,37,38,40,41)/p+1. The van der Waals surface area contributed by atoms with Crippen molar-refractivity contribution in [2.24, 2.45) is 29.6 Å². The maximum atomic E-state index is 13.3. The fraction of sp³-hybridized carbons (Fsp3) is 0.571. The molecule has 0 aromatic heterocycles. The maximum Gasteiger partial charge on any atom is 0.379 e. The minimum Gasteiger partial charge on any atom is -0.347 e. The molecule has 214 valence electrons. The zero-order valence-electron chi connectivity index (χ0n) is 24.3. The summed E-state index contributed by atoms with van der Waals surface area (Å²) >= 11 is 0. The fourth-order valence-corrected chi connectivity index (χ4v) is 9.96. The van der Waals surface area contributed by atoms with E-state index in [1.807, 2.05) is 48.5 Å². The van der Waals surface area contributed by atoms with Crippen LogP contribution in [-0.4, -0.2) is 33.4 Å². The lowest BCUT2D eigenvalue weighted by molar-refractivity contribution is -0.117. The Labute approximate surface area is 243 Å². The van der Waals surface area contributed by atoms with E-state index in [0.29, 0.717) is 16.8 Å². The monoisotopic (exact) mass is 551 g/mol. The molecule has 3 N–H and O–H groups in total. The van der Waals surface area contributed by atoms with E-state index in [9.17, 15) is 9.59 Å². The average molecular weight is 552 g/mol. The number of hydrogen-bond acceptors (Lipinski definition) is 3. The lowest BCUT2D eigenvalue weighted by Gasteiger charge is -2.56. The van der Waals surface area contributed by atoms with E-state index in [1.165, 1.54) is 38.5 Å². The van der Waals surface area contributed by atoms with Gasteiger partial charge in [0.25, 0.3) is 11.8 Å². The third kappa shape index (κ3) is 5.05. The van der Waals surface area contributed by atoms with Gasteiger partial charge in [-0.2, -0.15) is 0 Å². The summed E-state index contributed by atoms with van der Waals surface area (Å²) in [6.07, 6.45) is 14.5. The van der Waals surface area contributed by atoms with E-state index in [0.717, 1.165) is 79.2 Å². The van der Waals surface area contributed by atoms with E-state index < -0.39 is 0 Å². The van der Waals surface area contributed by atoms with Gasteiger partial charge in [0.2, 0.25) is 0 Å². The SMILES string of the molecule is CCC1(NC(=O)c2ccc(C(=[N+]=N)c3ccc(C(=O)NC45CC6CC(CC(C6)C4)C5)cc3)cc2)CC2CCC(C2)C1. The van der Waals surface area contributed by atoms with Gasteiger partial charge in [0.1, 0.15) is 0 Å². The third-order valence-corrected chi connectivity index (χ3v) is 11.4. The normalized spacial score (nSPS) is 34.6. The Bertz CT molecular complexity index is 1280. The van der Waals surface area contributed by atoms with Gasteiger partial charge in [0, 0.05) is 22.2 Å². The van der Waals surface area contributed by atoms with Gasteiger partial charge < -0.3 is 10.6 Å². The van der Waals surface area contributed by atoms with Crippen LogP contribution in [0, 0.1) is 35.1 Å². The van der Waals surface area contributed by atoms with Gasteiger partial charge in [0.05, 0.1) is 21.4 Å². The highest BCUT2D eigenvalue weighted by atomic mass is 16.2. The van der Waals surface area contributed by atoms with E-state index in [-0.39, 0.29) is 22.9 Å². The summed E-state index contributed by atoms with van der Waals surface area (Å²) in [5, 5.41) is 6.87. The topological polar surface area (TPSA) is 96.2 Å². The minimum absolute atomic E-state index is 0.00838. The average Bonchev–Trinajstić information content (AvgIpc) is 3.31. The molecular formula is C35H43N4O2+. The number of nitrogens with one attached hydrogen (secondary N) is 3. The number of amides is 2. The number of rotatable bonds is 7. The molecule has 2 atom stereocenters. The molecule has 6 bridgehead atoms. The summed E-state index contributed by atoms with van der Waals surface area (Å²) < 4.78 is 0. The third-order valence-electron chi connectivity index (χ3n) is 11.4. The Morgan fingerprint density at radius 3 is 1.54 bits per heavy atom. The quantitative estimate of drug-likeness (QED) is 0.207. The minimum atomic E-state index is -0.0859. The second-order valence-corrected chi connectivity index (χ2v) is 14.3. The maximum absolute atomic E-state index is 13.3. The molecule has 0 aliphatic heterocycles. The summed E-state index contributed by atoms with van der Waals surface area (Å²) in [6.45, 7) is 2.20. The first kappa shape index (κ1) is 26.6. The molecule has 6 aliphatic carbocycles. The molecule has 0 heterocycles. The predicted octanol–water partition coefficient (Wildman–Crippen LogP) is 6.55. The van der Waals surface area contributed by atoms with Gasteiger partial charge in [-0.3, -0.25) is 9.59 Å². The Kier molecular flexibility index (Phi) is 6.65. The number of fused-ring (bicyclic) bond motifs is 2. The summed E-state index contributed by atoms with van der Waals surface area (Å²) in [5.74, 6) is 3.85. The number of nitrogens with zero attached hydrogens (tertiary/aromatic N) is 1. The van der Waals surface area contributed by atoms with Crippen LogP contribution >= 0.6 is 0 Å². The van der Waals surface area contributed by atoms with Crippen molar-refractivity contribution in [1.29, 1.82) is 5.53 Å². The summed E-state index contributed by atoms with van der Waals surface area (Å²) in [5.41, 5.74) is 11.2. The number of carbonyl (C=O) groups is 2. The lowest BCUT2D eigenvalue weighted by Crippen LogP contribution is -2.59. The largest absolute Gasteiger partial charge is 0.379 e. The highest BCUT2D eigenvalue weighted by Crippen LogP contribution is 2.55. The molecule has 6 heteroatoms. The van der Waals surface area contributed by atoms with Gasteiger partial charge in [0.15, 0.2) is 0 Å². The van der Waals surface area contributed by atoms with Crippen LogP contribution in [0.2, 0.25) is 0 Å². The van der Waals surface area contributed by atoms with Crippen LogP contribution in [0.4, 0.5) is 0 Å². The molecule has 2 aromatic rings. The molecule has 2 aromatic carbocycles. The summed E-state index contributed by atoms with van der Waals surface area (Å²) in [6, 6.07) is 14.9. The molecule has 6 fully saturated rings. The lowest BCUT2D eigenvalue weighted by atomic mass is 9.53. The Morgan fingerprint density at radius 2 is 1.10 bits per heavy atom. The van der Waals surface area contributed by atoms with Crippen molar-refractivity contribution < 1.29 is 14.4 Å². The van der Waals surface area contributed by atoms with Crippen molar-refractivity contribution in [3.05, 3.63) is 70.8 Å². The highest BCUT2D eigenvalue weighted by molar-refractivity contribution is 6.10. The van der Waals surface area contributed by atoms with Crippen LogP contribution < -0.4 is 10.6 Å². The zero-order valence-corrected chi connectivity index (χ0v) is 24.3. The van der Waals surface area contributed by atoms with E-state index in [1.54, 1.807) is 0 Å². The molecular weight excluding hydrogens is 508 g/mol. The van der Waals surface area contributed by atoms with Gasteiger partial charge in [-0.15, -0.1) is 0 Å². The molecule has 0 spiro atoms. The van der Waals surface area contributed by atoms with E-state index in [2.05, 4.69) is 22.3 Å². The van der Waals surface area contributed by atoms with Crippen LogP contribution in [0.25, 0.3) is 0 Å². The Balaban J connectivity index is 1.01. The second-order valence-electron chi connectivity index (χ2n) is 14.3. The fourth-order valence-electron chi connectivity index (χ4n) is 9.96. The summed E-state index contributed by atoms with van der Waals surface area (Å²) in [7, 11) is 0. The van der Waals surface area contributed by atoms with E-state index in [4.69, 9.17) is 5.53 Å². The molecule has 8 rings (SSSR count). The van der Waals surface area contributed by atoms with Crippen molar-refractivity contribution in [3.63, 3.8) is 0 Å². The molecule has 0 saturated heterocycles. The molecule has 6 nitrogen and oxygen atoms in total. The van der Waals surface area contributed by atoms with Gasteiger partial charge in [-0.25, -0.2) is 0 Å². The van der Waals surface area contributed by atoms with Crippen molar-refractivity contribution in [3.8, 4) is 0 Å². The number of carbonyl (C=O) groups excluding carboxylic acids is 2. The Hall–Kier alpha value is -3.24. The van der Waals surface area contributed by atoms with Crippen molar-refractivity contribution >= 4 is 17.5 Å². The molecule has 2 unspecified atom stereocenters. The van der Waals surface area contributed by atoms with E-state index >= 15 is 0 Å². The molecule has 6 saturated carbocycles. The summed E-state index contributed by atoms with van der Waals surface area (Å²) in [4.78, 5) is 30.3. The van der Waals surface area contributed by atoms with Crippen LogP contribution in [-0.2, 0) is 0 Å². The Morgan fingerprint density at radius 1 is 0.683 bits per heavy atom. The predicted molar refractivity (Wildman–Crippen MR) is 158 cm³/mol. The van der Waals surface area contributed by atoms with Crippen LogP contribution in [0.1, 0.15) is 116 Å². The number of benzene rings is 2. The van der Waals surface area contributed by atoms with Gasteiger partial charge >= 0.3 is 5.71 Å². The molecule has 41 heavy (non-hydrogen) atoms. The highest BCUT2D eigenvalue weighted by Gasteiger charge is 2.51.